The van der Waals surface area contributed by atoms with Gasteiger partial charge < -0.3 is 11.1 Å². The highest BCUT2D eigenvalue weighted by Gasteiger charge is 2.14. The van der Waals surface area contributed by atoms with Crippen molar-refractivity contribution in [3.8, 4) is 0 Å². The molecule has 0 saturated heterocycles. The van der Waals surface area contributed by atoms with Gasteiger partial charge in [0, 0.05) is 31.0 Å². The highest BCUT2D eigenvalue weighted by atomic mass is 32.2. The molecule has 5 N–H and O–H groups in total. The molecule has 0 aliphatic heterocycles. The number of hydrogen-bond acceptors (Lipinski definition) is 5. The number of aromatic nitrogens is 2. The molecule has 7 nitrogen and oxygen atoms in total. The molecule has 2 aromatic rings. The number of benzene rings is 1. The number of primary sulfonamides is 1. The van der Waals surface area contributed by atoms with Crippen LogP contribution in [-0.2, 0) is 23.6 Å². The monoisotopic (exact) mass is 281 g/mol. The molecule has 0 spiro atoms. The van der Waals surface area contributed by atoms with Crippen LogP contribution in [0.3, 0.4) is 0 Å². The first-order valence-electron chi connectivity index (χ1n) is 5.50. The molecule has 0 fully saturated rings. The fraction of sp³-hybridized carbons (Fsp3) is 0.182. The molecule has 0 bridgehead atoms. The van der Waals surface area contributed by atoms with Gasteiger partial charge in [0.1, 0.15) is 4.90 Å². The van der Waals surface area contributed by atoms with Crippen LogP contribution in [0.25, 0.3) is 0 Å². The van der Waals surface area contributed by atoms with E-state index in [-0.39, 0.29) is 4.90 Å². The Labute approximate surface area is 111 Å². The van der Waals surface area contributed by atoms with Gasteiger partial charge in [-0.2, -0.15) is 5.10 Å². The number of nitrogens with one attached hydrogen (secondary N) is 1. The van der Waals surface area contributed by atoms with E-state index in [1.807, 2.05) is 13.2 Å². The van der Waals surface area contributed by atoms with Crippen molar-refractivity contribution < 1.29 is 8.42 Å². The molecule has 0 amide bonds. The molecule has 0 unspecified atom stereocenters. The highest BCUT2D eigenvalue weighted by molar-refractivity contribution is 7.89. The molecule has 2 rings (SSSR count). The van der Waals surface area contributed by atoms with Crippen molar-refractivity contribution >= 4 is 21.4 Å². The molecule has 19 heavy (non-hydrogen) atoms. The summed E-state index contributed by atoms with van der Waals surface area (Å²) in [5.74, 6) is 0. The number of hydrogen-bond donors (Lipinski definition) is 3. The zero-order valence-electron chi connectivity index (χ0n) is 10.4. The lowest BCUT2D eigenvalue weighted by atomic mass is 10.2. The molecule has 1 heterocycles. The molecule has 0 atom stereocenters. The van der Waals surface area contributed by atoms with E-state index in [1.165, 1.54) is 6.07 Å². The number of nitrogens with two attached hydrogens (primary N) is 2. The van der Waals surface area contributed by atoms with Gasteiger partial charge in [0.15, 0.2) is 0 Å². The molecular formula is C11H15N5O2S. The van der Waals surface area contributed by atoms with Crippen LogP contribution in [0.5, 0.6) is 0 Å². The van der Waals surface area contributed by atoms with Gasteiger partial charge in [-0.05, 0) is 18.2 Å². The van der Waals surface area contributed by atoms with Crippen LogP contribution in [0.15, 0.2) is 35.5 Å². The SMILES string of the molecule is Cn1cc(CNc2ccc(N)cc2S(N)(=O)=O)cn1. The van der Waals surface area contributed by atoms with E-state index in [0.717, 1.165) is 5.56 Å². The fourth-order valence-electron chi connectivity index (χ4n) is 1.68. The Bertz CT molecular complexity index is 693. The second kappa shape index (κ2) is 4.90. The van der Waals surface area contributed by atoms with Gasteiger partial charge >= 0.3 is 0 Å². The summed E-state index contributed by atoms with van der Waals surface area (Å²) in [5, 5.41) is 12.2. The van der Waals surface area contributed by atoms with Crippen LogP contribution in [-0.4, -0.2) is 18.2 Å². The zero-order chi connectivity index (χ0) is 14.0. The van der Waals surface area contributed by atoms with Gasteiger partial charge in [0.2, 0.25) is 10.0 Å². The van der Waals surface area contributed by atoms with Crippen molar-refractivity contribution in [1.82, 2.24) is 9.78 Å². The third-order valence-corrected chi connectivity index (χ3v) is 3.50. The van der Waals surface area contributed by atoms with Crippen molar-refractivity contribution in [1.29, 1.82) is 0 Å². The summed E-state index contributed by atoms with van der Waals surface area (Å²) in [7, 11) is -2.01. The van der Waals surface area contributed by atoms with Crippen molar-refractivity contribution in [2.45, 2.75) is 11.4 Å². The van der Waals surface area contributed by atoms with Gasteiger partial charge in [0.05, 0.1) is 11.9 Å². The van der Waals surface area contributed by atoms with Crippen LogP contribution in [0.4, 0.5) is 11.4 Å². The summed E-state index contributed by atoms with van der Waals surface area (Å²) in [4.78, 5) is -0.0172. The third kappa shape index (κ3) is 3.24. The topological polar surface area (TPSA) is 116 Å². The zero-order valence-corrected chi connectivity index (χ0v) is 11.2. The van der Waals surface area contributed by atoms with E-state index in [0.29, 0.717) is 17.9 Å². The Morgan fingerprint density at radius 2 is 2.16 bits per heavy atom. The summed E-state index contributed by atoms with van der Waals surface area (Å²) in [5.41, 5.74) is 7.26. The number of nitrogens with zero attached hydrogens (tertiary/aromatic N) is 2. The van der Waals surface area contributed by atoms with Gasteiger partial charge in [-0.15, -0.1) is 0 Å². The van der Waals surface area contributed by atoms with Crippen LogP contribution in [0, 0.1) is 0 Å². The normalized spacial score (nSPS) is 11.5. The molecule has 102 valence electrons. The Morgan fingerprint density at radius 1 is 1.42 bits per heavy atom. The predicted octanol–water partition coefficient (Wildman–Crippen LogP) is 0.262. The average molecular weight is 281 g/mol. The number of sulfonamides is 1. The predicted molar refractivity (Wildman–Crippen MR) is 72.8 cm³/mol. The standard InChI is InChI=1S/C11H15N5O2S/c1-16-7-8(6-15-16)5-14-10-3-2-9(12)4-11(10)19(13,17)18/h2-4,6-7,14H,5,12H2,1H3,(H2,13,17,18). The van der Waals surface area contributed by atoms with Gasteiger partial charge in [-0.25, -0.2) is 13.6 Å². The van der Waals surface area contributed by atoms with Gasteiger partial charge in [-0.1, -0.05) is 0 Å². The summed E-state index contributed by atoms with van der Waals surface area (Å²) in [6, 6.07) is 4.53. The quantitative estimate of drug-likeness (QED) is 0.695. The summed E-state index contributed by atoms with van der Waals surface area (Å²) in [6.45, 7) is 0.445. The van der Waals surface area contributed by atoms with Crippen molar-refractivity contribution in [2.75, 3.05) is 11.1 Å². The van der Waals surface area contributed by atoms with E-state index >= 15 is 0 Å². The fourth-order valence-corrected chi connectivity index (χ4v) is 2.43. The van der Waals surface area contributed by atoms with E-state index in [2.05, 4.69) is 10.4 Å². The maximum atomic E-state index is 11.5. The van der Waals surface area contributed by atoms with Crippen LogP contribution < -0.4 is 16.2 Å². The van der Waals surface area contributed by atoms with Crippen LogP contribution in [0.2, 0.25) is 0 Å². The maximum absolute atomic E-state index is 11.5. The summed E-state index contributed by atoms with van der Waals surface area (Å²) >= 11 is 0. The van der Waals surface area contributed by atoms with Crippen molar-refractivity contribution in [3.05, 3.63) is 36.2 Å². The molecule has 0 aliphatic rings. The highest BCUT2D eigenvalue weighted by Crippen LogP contribution is 2.23. The van der Waals surface area contributed by atoms with Crippen molar-refractivity contribution in [2.24, 2.45) is 12.2 Å². The minimum absolute atomic E-state index is 0.0172. The number of rotatable bonds is 4. The smallest absolute Gasteiger partial charge is 0.240 e. The molecule has 1 aromatic carbocycles. The number of nitrogen functional groups attached to an aromatic ring is 1. The first kappa shape index (κ1) is 13.4. The third-order valence-electron chi connectivity index (χ3n) is 2.55. The largest absolute Gasteiger partial charge is 0.399 e. The summed E-state index contributed by atoms with van der Waals surface area (Å²) in [6.07, 6.45) is 3.53. The molecule has 0 saturated carbocycles. The van der Waals surface area contributed by atoms with Gasteiger partial charge in [0.25, 0.3) is 0 Å². The minimum Gasteiger partial charge on any atom is -0.399 e. The molecule has 8 heteroatoms. The Balaban J connectivity index is 2.25. The summed E-state index contributed by atoms with van der Waals surface area (Å²) < 4.78 is 24.6. The average Bonchev–Trinajstić information content (AvgIpc) is 2.72. The Kier molecular flexibility index (Phi) is 3.45. The number of aryl methyl sites for hydroxylation is 1. The molecule has 0 aliphatic carbocycles. The van der Waals surface area contributed by atoms with E-state index in [1.54, 1.807) is 23.0 Å². The first-order chi connectivity index (χ1) is 8.86. The second-order valence-electron chi connectivity index (χ2n) is 4.18. The second-order valence-corrected chi connectivity index (χ2v) is 5.71. The van der Waals surface area contributed by atoms with E-state index < -0.39 is 10.0 Å². The lowest BCUT2D eigenvalue weighted by Crippen LogP contribution is -2.15. The first-order valence-corrected chi connectivity index (χ1v) is 7.04. The van der Waals surface area contributed by atoms with Gasteiger partial charge in [-0.3, -0.25) is 4.68 Å². The Morgan fingerprint density at radius 3 is 2.74 bits per heavy atom. The lowest BCUT2D eigenvalue weighted by molar-refractivity contribution is 0.598. The lowest BCUT2D eigenvalue weighted by Gasteiger charge is -2.10. The van der Waals surface area contributed by atoms with E-state index in [9.17, 15) is 8.42 Å². The van der Waals surface area contributed by atoms with Crippen LogP contribution >= 0.6 is 0 Å². The maximum Gasteiger partial charge on any atom is 0.240 e. The van der Waals surface area contributed by atoms with Crippen LogP contribution in [0.1, 0.15) is 5.56 Å². The Hall–Kier alpha value is -2.06. The van der Waals surface area contributed by atoms with E-state index in [4.69, 9.17) is 10.9 Å². The minimum atomic E-state index is -3.82. The molecule has 0 radical (unpaired) electrons. The molecular weight excluding hydrogens is 266 g/mol. The number of anilines is 2. The molecule has 1 aromatic heterocycles. The van der Waals surface area contributed by atoms with Crippen molar-refractivity contribution in [3.63, 3.8) is 0 Å².